The third kappa shape index (κ3) is 8.61. The number of sulfonamides is 1. The van der Waals surface area contributed by atoms with Crippen LogP contribution in [0.4, 0.5) is 4.79 Å². The Morgan fingerprint density at radius 2 is 1.86 bits per heavy atom. The fourth-order valence-electron chi connectivity index (χ4n) is 8.04. The number of carbonyl (C=O) groups is 6. The fraction of sp³-hybridized carbons (Fsp3) is 0.575. The smallest absolute Gasteiger partial charge is 0.408 e. The number of rotatable bonds is 13. The van der Waals surface area contributed by atoms with Crippen molar-refractivity contribution in [1.82, 2.24) is 30.1 Å². The maximum atomic E-state index is 14.7. The molecule has 3 N–H and O–H groups in total. The lowest BCUT2D eigenvalue weighted by atomic mass is 10.0. The zero-order valence-corrected chi connectivity index (χ0v) is 33.8. The van der Waals surface area contributed by atoms with Gasteiger partial charge >= 0.3 is 12.1 Å². The van der Waals surface area contributed by atoms with Crippen LogP contribution < -0.4 is 20.1 Å². The van der Waals surface area contributed by atoms with E-state index in [4.69, 9.17) is 14.2 Å². The van der Waals surface area contributed by atoms with Gasteiger partial charge in [0.15, 0.2) is 0 Å². The number of nitrogens with one attached hydrogen (secondary N) is 3. The maximum absolute atomic E-state index is 14.7. The second kappa shape index (κ2) is 15.5. The fourth-order valence-corrected chi connectivity index (χ4v) is 9.40. The lowest BCUT2D eigenvalue weighted by Crippen LogP contribution is -2.58. The van der Waals surface area contributed by atoms with Gasteiger partial charge in [0.2, 0.25) is 33.6 Å². The summed E-state index contributed by atoms with van der Waals surface area (Å²) in [6.45, 7) is 10.8. The minimum atomic E-state index is -3.95. The summed E-state index contributed by atoms with van der Waals surface area (Å²) in [7, 11) is -3.95. The Balaban J connectivity index is 1.16. The number of nitrogens with zero attached hydrogens (tertiary/aromatic N) is 3. The molecule has 2 bridgehead atoms. The number of amides is 5. The summed E-state index contributed by atoms with van der Waals surface area (Å²) in [4.78, 5) is 89.0. The normalized spacial score (nSPS) is 27.0. The average molecular weight is 823 g/mol. The standard InChI is InChI=1S/C40H50N6O11S/c1-6-24-20-40(24,37(51)44-58(53,54)27-8-9-27)43-33(48)30-19-26(55-34-28-10-7-22(2)17-23(28)13-15-41-34)21-46(30)35(49)29(42-38(52)57-39(3,4)5)11-12-32(47)45-16-14-25-18-31(45)36(50)56-25/h6-7,10,13,15,17,24-27,29-31H,1,8-9,11-12,14,16,18-21H2,2-5H3,(H,42,52)(H,43,48)(H,44,51)/t24-,25+,26-,29+,30+,31-,40-/m1/s1. The van der Waals surface area contributed by atoms with E-state index in [0.29, 0.717) is 37.6 Å². The molecule has 2 aromatic rings. The topological polar surface area (TPSA) is 220 Å². The second-order valence-electron chi connectivity index (χ2n) is 16.9. The zero-order chi connectivity index (χ0) is 41.7. The SMILES string of the molecule is C=C[C@@H]1C[C@]1(NC(=O)[C@@H]1C[C@@H](Oc2nccc3cc(C)ccc23)CN1C(=O)[C@H](CCC(=O)N1CC[C@H]2C[C@@H]1C(=O)O2)NC(=O)OC(C)(C)C)C(=O)NS(=O)(=O)C1CC1. The van der Waals surface area contributed by atoms with Crippen LogP contribution in [0.3, 0.4) is 0 Å². The van der Waals surface area contributed by atoms with Crippen LogP contribution in [0.1, 0.15) is 77.7 Å². The Morgan fingerprint density at radius 3 is 2.55 bits per heavy atom. The molecule has 4 heterocycles. The molecule has 0 radical (unpaired) electrons. The van der Waals surface area contributed by atoms with Crippen molar-refractivity contribution in [1.29, 1.82) is 0 Å². The van der Waals surface area contributed by atoms with E-state index in [0.717, 1.165) is 10.9 Å². The lowest BCUT2D eigenvalue weighted by Gasteiger charge is -2.32. The van der Waals surface area contributed by atoms with Gasteiger partial charge in [0, 0.05) is 49.7 Å². The van der Waals surface area contributed by atoms with Crippen molar-refractivity contribution < 1.29 is 51.4 Å². The Morgan fingerprint density at radius 1 is 1.10 bits per heavy atom. The highest BCUT2D eigenvalue weighted by Gasteiger charge is 2.62. The minimum Gasteiger partial charge on any atom is -0.472 e. The molecule has 1 aromatic heterocycles. The number of carbonyl (C=O) groups excluding carboxylic acids is 6. The summed E-state index contributed by atoms with van der Waals surface area (Å²) in [6, 6.07) is 4.21. The first-order chi connectivity index (χ1) is 27.4. The van der Waals surface area contributed by atoms with Crippen molar-refractivity contribution >= 4 is 56.5 Å². The molecule has 2 saturated carbocycles. The molecule has 1 aromatic carbocycles. The molecule has 0 unspecified atom stereocenters. The highest BCUT2D eigenvalue weighted by Crippen LogP contribution is 2.45. The number of benzene rings is 1. The minimum absolute atomic E-state index is 0.0604. The lowest BCUT2D eigenvalue weighted by molar-refractivity contribution is -0.147. The Kier molecular flexibility index (Phi) is 10.9. The summed E-state index contributed by atoms with van der Waals surface area (Å²) in [5, 5.41) is 6.24. The molecule has 17 nitrogen and oxygen atoms in total. The van der Waals surface area contributed by atoms with Gasteiger partial charge in [0.25, 0.3) is 5.91 Å². The summed E-state index contributed by atoms with van der Waals surface area (Å²) in [5.74, 6) is -3.56. The molecule has 7 atom stereocenters. The molecule has 3 saturated heterocycles. The van der Waals surface area contributed by atoms with Gasteiger partial charge in [0.1, 0.15) is 41.5 Å². The van der Waals surface area contributed by atoms with Crippen molar-refractivity contribution in [2.24, 2.45) is 5.92 Å². The molecular weight excluding hydrogens is 773 g/mol. The number of ether oxygens (including phenoxy) is 3. The Labute approximate surface area is 336 Å². The second-order valence-corrected chi connectivity index (χ2v) is 18.9. The first kappa shape index (κ1) is 40.9. The van der Waals surface area contributed by atoms with E-state index in [1.165, 1.54) is 15.9 Å². The van der Waals surface area contributed by atoms with Gasteiger partial charge in [-0.3, -0.25) is 23.9 Å². The summed E-state index contributed by atoms with van der Waals surface area (Å²) in [5.41, 5.74) is -1.54. The first-order valence-corrected chi connectivity index (χ1v) is 21.2. The summed E-state index contributed by atoms with van der Waals surface area (Å²) >= 11 is 0. The molecular formula is C40H50N6O11S. The molecule has 5 aliphatic rings. The molecule has 5 fully saturated rings. The van der Waals surface area contributed by atoms with E-state index >= 15 is 0 Å². The highest BCUT2D eigenvalue weighted by atomic mass is 32.2. The Hall–Kier alpha value is -5.26. The van der Waals surface area contributed by atoms with Crippen molar-refractivity contribution in [3.8, 4) is 5.88 Å². The molecule has 0 spiro atoms. The van der Waals surface area contributed by atoms with Crippen LogP contribution >= 0.6 is 0 Å². The number of pyridine rings is 1. The predicted octanol–water partition coefficient (Wildman–Crippen LogP) is 2.15. The van der Waals surface area contributed by atoms with Crippen LogP contribution in [0.25, 0.3) is 10.8 Å². The highest BCUT2D eigenvalue weighted by molar-refractivity contribution is 7.91. The van der Waals surface area contributed by atoms with Crippen LogP contribution in [0.15, 0.2) is 43.1 Å². The van der Waals surface area contributed by atoms with Crippen molar-refractivity contribution in [3.63, 3.8) is 0 Å². The van der Waals surface area contributed by atoms with Crippen LogP contribution in [0.5, 0.6) is 5.88 Å². The van der Waals surface area contributed by atoms with Crippen molar-refractivity contribution in [2.45, 2.75) is 126 Å². The predicted molar refractivity (Wildman–Crippen MR) is 207 cm³/mol. The molecule has 312 valence electrons. The molecule has 5 amide bonds. The molecule has 2 aliphatic carbocycles. The van der Waals surface area contributed by atoms with Gasteiger partial charge in [-0.1, -0.05) is 23.8 Å². The Bertz CT molecular complexity index is 2150. The van der Waals surface area contributed by atoms with E-state index in [2.05, 4.69) is 26.9 Å². The number of alkyl carbamates (subject to hydrolysis) is 1. The number of piperidine rings is 1. The number of aryl methyl sites for hydroxylation is 1. The number of hydrogen-bond donors (Lipinski definition) is 3. The van der Waals surface area contributed by atoms with Crippen molar-refractivity contribution in [3.05, 3.63) is 48.7 Å². The first-order valence-electron chi connectivity index (χ1n) is 19.7. The summed E-state index contributed by atoms with van der Waals surface area (Å²) < 4.78 is 44.8. The zero-order valence-electron chi connectivity index (χ0n) is 33.0. The van der Waals surface area contributed by atoms with Crippen molar-refractivity contribution in [2.75, 3.05) is 13.1 Å². The monoisotopic (exact) mass is 822 g/mol. The third-order valence-corrected chi connectivity index (χ3v) is 13.1. The van der Waals surface area contributed by atoms with E-state index in [9.17, 15) is 37.2 Å². The van der Waals surface area contributed by atoms with Crippen LogP contribution in [-0.4, -0.2) is 119 Å². The van der Waals surface area contributed by atoms with Crippen LogP contribution in [0, 0.1) is 12.8 Å². The molecule has 58 heavy (non-hydrogen) atoms. The van der Waals surface area contributed by atoms with E-state index < -0.39 is 92.3 Å². The number of hydrogen-bond acceptors (Lipinski definition) is 12. The van der Waals surface area contributed by atoms with Crippen LogP contribution in [-0.2, 0) is 43.5 Å². The number of aromatic nitrogens is 1. The van der Waals surface area contributed by atoms with Gasteiger partial charge in [-0.2, -0.15) is 0 Å². The summed E-state index contributed by atoms with van der Waals surface area (Å²) in [6.07, 6.45) is 2.40. The van der Waals surface area contributed by atoms with E-state index in [1.54, 1.807) is 27.0 Å². The quantitative estimate of drug-likeness (QED) is 0.196. The molecule has 7 rings (SSSR count). The van der Waals surface area contributed by atoms with Gasteiger partial charge in [0.05, 0.1) is 11.8 Å². The number of esters is 1. The number of likely N-dealkylation sites (tertiary alicyclic amines) is 2. The van der Waals surface area contributed by atoms with Gasteiger partial charge in [-0.15, -0.1) is 6.58 Å². The maximum Gasteiger partial charge on any atom is 0.408 e. The number of fused-ring (bicyclic) bond motifs is 3. The van der Waals surface area contributed by atoms with Gasteiger partial charge in [-0.25, -0.2) is 23.0 Å². The molecule has 18 heteroatoms. The largest absolute Gasteiger partial charge is 0.472 e. The van der Waals surface area contributed by atoms with E-state index in [1.807, 2.05) is 31.2 Å². The van der Waals surface area contributed by atoms with Gasteiger partial charge < -0.3 is 34.6 Å². The van der Waals surface area contributed by atoms with E-state index in [-0.39, 0.29) is 44.2 Å². The average Bonchev–Trinajstić information content (AvgIpc) is 4.07. The molecule has 3 aliphatic heterocycles. The van der Waals surface area contributed by atoms with Gasteiger partial charge in [-0.05, 0) is 70.9 Å². The third-order valence-electron chi connectivity index (χ3n) is 11.3. The van der Waals surface area contributed by atoms with Crippen LogP contribution in [0.2, 0.25) is 0 Å².